The van der Waals surface area contributed by atoms with E-state index in [0.29, 0.717) is 12.5 Å². The zero-order chi connectivity index (χ0) is 10.8. The Labute approximate surface area is 88.5 Å². The third-order valence-electron chi connectivity index (χ3n) is 2.19. The minimum Gasteiger partial charge on any atom is -0.336 e. The van der Waals surface area contributed by atoms with Gasteiger partial charge < -0.3 is 4.74 Å². The van der Waals surface area contributed by atoms with E-state index in [1.807, 2.05) is 0 Å². The average molecular weight is 237 g/mol. The summed E-state index contributed by atoms with van der Waals surface area (Å²) in [6.07, 6.45) is 4.80. The molecule has 2 unspecified atom stereocenters. The first-order valence-corrected chi connectivity index (χ1v) is 8.06. The van der Waals surface area contributed by atoms with Crippen molar-refractivity contribution in [1.29, 1.82) is 0 Å². The van der Waals surface area contributed by atoms with Crippen LogP contribution in [0.4, 0.5) is 0 Å². The van der Waals surface area contributed by atoms with Gasteiger partial charge in [-0.25, -0.2) is 4.57 Å². The van der Waals surface area contributed by atoms with E-state index in [9.17, 15) is 9.13 Å². The van der Waals surface area contributed by atoms with Crippen LogP contribution >= 0.6 is 15.6 Å². The lowest BCUT2D eigenvalue weighted by molar-refractivity contribution is 0.129. The molecule has 0 radical (unpaired) electrons. The Hall–Kier alpha value is 0.160. The van der Waals surface area contributed by atoms with Crippen molar-refractivity contribution in [2.45, 2.75) is 39.5 Å². The van der Waals surface area contributed by atoms with E-state index in [0.717, 1.165) is 6.42 Å². The van der Waals surface area contributed by atoms with Gasteiger partial charge in [-0.05, 0) is 12.3 Å². The van der Waals surface area contributed by atoms with Crippen LogP contribution in [-0.2, 0) is 13.9 Å². The number of unbranched alkanes of at least 4 members (excludes halogenated alkanes) is 1. The van der Waals surface area contributed by atoms with Crippen LogP contribution in [0.2, 0.25) is 0 Å². The van der Waals surface area contributed by atoms with Crippen LogP contribution in [-0.4, -0.2) is 13.0 Å². The maximum absolute atomic E-state index is 10.8. The lowest BCUT2D eigenvalue weighted by atomic mass is 10.0. The fourth-order valence-corrected chi connectivity index (χ4v) is 1.91. The highest BCUT2D eigenvalue weighted by molar-refractivity contribution is 8.09. The zero-order valence-electron chi connectivity index (χ0n) is 8.94. The predicted molar refractivity (Wildman–Crippen MR) is 59.3 cm³/mol. The maximum atomic E-state index is 10.8. The summed E-state index contributed by atoms with van der Waals surface area (Å²) >= 11 is 0. The van der Waals surface area contributed by atoms with Gasteiger partial charge in [0, 0.05) is 0 Å². The molecular formula is C9H19O3P2+. The van der Waals surface area contributed by atoms with E-state index in [-0.39, 0.29) is 14.5 Å². The van der Waals surface area contributed by atoms with E-state index in [1.165, 1.54) is 19.3 Å². The topological polar surface area (TPSA) is 43.4 Å². The molecule has 0 bridgehead atoms. The van der Waals surface area contributed by atoms with Crippen molar-refractivity contribution in [1.82, 2.24) is 0 Å². The first kappa shape index (κ1) is 14.2. The molecule has 2 atom stereocenters. The second-order valence-electron chi connectivity index (χ2n) is 3.35. The summed E-state index contributed by atoms with van der Waals surface area (Å²) in [6.45, 7) is 4.95. The molecule has 0 heterocycles. The molecule has 0 N–H and O–H groups in total. The molecule has 0 aromatic carbocycles. The van der Waals surface area contributed by atoms with Gasteiger partial charge in [0.05, 0.1) is 6.61 Å². The van der Waals surface area contributed by atoms with Crippen molar-refractivity contribution < 1.29 is 13.9 Å². The van der Waals surface area contributed by atoms with E-state index in [4.69, 9.17) is 4.74 Å². The van der Waals surface area contributed by atoms with E-state index in [2.05, 4.69) is 13.8 Å². The summed E-state index contributed by atoms with van der Waals surface area (Å²) in [4.78, 5) is 0. The van der Waals surface area contributed by atoms with Gasteiger partial charge in [0.15, 0.2) is 0 Å². The molecule has 0 saturated carbocycles. The Kier molecular flexibility index (Phi) is 9.82. The molecule has 0 saturated heterocycles. The lowest BCUT2D eigenvalue weighted by Gasteiger charge is -2.12. The summed E-state index contributed by atoms with van der Waals surface area (Å²) < 4.78 is 26.2. The first-order valence-electron chi connectivity index (χ1n) is 5.10. The van der Waals surface area contributed by atoms with Crippen molar-refractivity contribution in [3.63, 3.8) is 0 Å². The van der Waals surface area contributed by atoms with Gasteiger partial charge in [0.25, 0.3) is 6.35 Å². The van der Waals surface area contributed by atoms with Crippen LogP contribution in [0.25, 0.3) is 0 Å². The number of rotatable bonds is 9. The summed E-state index contributed by atoms with van der Waals surface area (Å²) in [7, 11) is -1.98. The molecular weight excluding hydrogens is 218 g/mol. The Balaban J connectivity index is 3.51. The Morgan fingerprint density at radius 2 is 2.14 bits per heavy atom. The molecule has 0 spiro atoms. The second kappa shape index (κ2) is 9.71. The summed E-state index contributed by atoms with van der Waals surface area (Å²) in [5.74, 6) is 0.557. The largest absolute Gasteiger partial charge is 0.464 e. The molecule has 5 heteroatoms. The van der Waals surface area contributed by atoms with E-state index < -0.39 is 7.49 Å². The van der Waals surface area contributed by atoms with E-state index >= 15 is 0 Å². The molecule has 3 nitrogen and oxygen atoms in total. The summed E-state index contributed by atoms with van der Waals surface area (Å²) in [6, 6.07) is 0. The molecule has 0 aromatic heterocycles. The molecule has 0 fully saturated rings. The Morgan fingerprint density at radius 3 is 2.64 bits per heavy atom. The minimum absolute atomic E-state index is 0.128. The van der Waals surface area contributed by atoms with Gasteiger partial charge in [0.1, 0.15) is 0 Å². The standard InChI is InChI=1S/C9H19O3P2/c1-3-5-6-9(4-2)7-12-8-14(11)13-10/h9H,3-8H2,1-2H3/q+1. The number of hydrogen-bond donors (Lipinski definition) is 0. The van der Waals surface area contributed by atoms with Crippen LogP contribution in [0.5, 0.6) is 0 Å². The molecule has 0 aliphatic heterocycles. The summed E-state index contributed by atoms with van der Waals surface area (Å²) in [5, 5.41) is 0. The van der Waals surface area contributed by atoms with Crippen LogP contribution in [0.3, 0.4) is 0 Å². The Bertz CT molecular complexity index is 173. The van der Waals surface area contributed by atoms with Gasteiger partial charge in [-0.1, -0.05) is 37.7 Å². The quantitative estimate of drug-likeness (QED) is 0.564. The minimum atomic E-state index is -1.68. The summed E-state index contributed by atoms with van der Waals surface area (Å²) in [5.41, 5.74) is 0. The maximum Gasteiger partial charge on any atom is 0.464 e. The molecule has 0 aliphatic rings. The van der Waals surface area contributed by atoms with Crippen molar-refractivity contribution in [2.75, 3.05) is 13.0 Å². The first-order chi connectivity index (χ1) is 6.74. The van der Waals surface area contributed by atoms with Gasteiger partial charge in [-0.3, -0.25) is 0 Å². The van der Waals surface area contributed by atoms with Gasteiger partial charge in [0.2, 0.25) is 0 Å². The molecule has 0 aromatic rings. The fourth-order valence-electron chi connectivity index (χ4n) is 1.22. The highest BCUT2D eigenvalue weighted by Gasteiger charge is 2.16. The van der Waals surface area contributed by atoms with Crippen molar-refractivity contribution in [3.05, 3.63) is 0 Å². The lowest BCUT2D eigenvalue weighted by Crippen LogP contribution is -2.08. The van der Waals surface area contributed by atoms with Crippen molar-refractivity contribution in [3.8, 4) is 0 Å². The zero-order valence-corrected chi connectivity index (χ0v) is 10.7. The SMILES string of the molecule is CCCCC(CC)COC[P+](=O)P=O. The van der Waals surface area contributed by atoms with Crippen molar-refractivity contribution in [2.24, 2.45) is 5.92 Å². The van der Waals surface area contributed by atoms with Crippen LogP contribution < -0.4 is 0 Å². The predicted octanol–water partition coefficient (Wildman–Crippen LogP) is 4.21. The smallest absolute Gasteiger partial charge is 0.336 e. The third-order valence-corrected chi connectivity index (χ3v) is 3.67. The second-order valence-corrected chi connectivity index (χ2v) is 6.30. The van der Waals surface area contributed by atoms with Crippen LogP contribution in [0.1, 0.15) is 39.5 Å². The monoisotopic (exact) mass is 237 g/mol. The van der Waals surface area contributed by atoms with Gasteiger partial charge in [-0.15, -0.1) is 0 Å². The van der Waals surface area contributed by atoms with Gasteiger partial charge >= 0.3 is 15.6 Å². The van der Waals surface area contributed by atoms with Crippen LogP contribution in [0.15, 0.2) is 0 Å². The van der Waals surface area contributed by atoms with E-state index in [1.54, 1.807) is 0 Å². The molecule has 0 aliphatic carbocycles. The number of ether oxygens (including phenoxy) is 1. The fraction of sp³-hybridized carbons (Fsp3) is 1.00. The molecule has 0 rings (SSSR count). The molecule has 0 amide bonds. The average Bonchev–Trinajstić information content (AvgIpc) is 2.22. The highest BCUT2D eigenvalue weighted by atomic mass is 32.0. The normalized spacial score (nSPS) is 14.3. The van der Waals surface area contributed by atoms with Crippen molar-refractivity contribution >= 4 is 15.6 Å². The molecule has 14 heavy (non-hydrogen) atoms. The van der Waals surface area contributed by atoms with Gasteiger partial charge in [-0.2, -0.15) is 0 Å². The molecule has 82 valence electrons. The van der Waals surface area contributed by atoms with Crippen LogP contribution in [0, 0.1) is 5.92 Å². The highest BCUT2D eigenvalue weighted by Crippen LogP contribution is 2.35. The Morgan fingerprint density at radius 1 is 1.43 bits per heavy atom. The third kappa shape index (κ3) is 7.55. The number of hydrogen-bond acceptors (Lipinski definition) is 3.